The summed E-state index contributed by atoms with van der Waals surface area (Å²) in [6, 6.07) is 5.82. The lowest BCUT2D eigenvalue weighted by Crippen LogP contribution is -2.63. The Morgan fingerprint density at radius 3 is 2.72 bits per heavy atom. The van der Waals surface area contributed by atoms with Crippen LogP contribution in [0.2, 0.25) is 0 Å². The molecule has 1 aromatic carbocycles. The Bertz CT molecular complexity index is 798. The van der Waals surface area contributed by atoms with E-state index in [9.17, 15) is 4.79 Å². The zero-order valence-electron chi connectivity index (χ0n) is 14.2. The molecule has 3 aliphatic rings. The first-order chi connectivity index (χ1) is 12.3. The summed E-state index contributed by atoms with van der Waals surface area (Å²) < 4.78 is 5.98. The Balaban J connectivity index is 1.36. The van der Waals surface area contributed by atoms with Crippen molar-refractivity contribution in [1.82, 2.24) is 15.3 Å². The quantitative estimate of drug-likeness (QED) is 0.935. The van der Waals surface area contributed by atoms with Gasteiger partial charge in [0.2, 0.25) is 0 Å². The van der Waals surface area contributed by atoms with Crippen LogP contribution >= 0.6 is 0 Å². The first kappa shape index (κ1) is 15.3. The molecule has 4 atom stereocenters. The summed E-state index contributed by atoms with van der Waals surface area (Å²) in [5.41, 5.74) is 2.24. The third kappa shape index (κ3) is 2.53. The van der Waals surface area contributed by atoms with Crippen LogP contribution < -0.4 is 5.32 Å². The Labute approximate surface area is 147 Å². The van der Waals surface area contributed by atoms with E-state index < -0.39 is 0 Å². The minimum absolute atomic E-state index is 0.00546. The molecular weight excluding hydrogens is 314 g/mol. The number of hydrogen-bond acceptors (Lipinski definition) is 4. The van der Waals surface area contributed by atoms with Crippen LogP contribution in [-0.2, 0) is 4.74 Å². The number of nitrogens with zero attached hydrogens (tertiary/aromatic N) is 2. The molecule has 2 aromatic rings. The average molecular weight is 337 g/mol. The van der Waals surface area contributed by atoms with Gasteiger partial charge in [0.25, 0.3) is 5.91 Å². The summed E-state index contributed by atoms with van der Waals surface area (Å²) in [6.45, 7) is 0.844. The molecule has 5 rings (SSSR count). The van der Waals surface area contributed by atoms with Crippen molar-refractivity contribution in [2.45, 2.75) is 44.2 Å². The highest BCUT2D eigenvalue weighted by atomic mass is 16.5. The zero-order valence-corrected chi connectivity index (χ0v) is 14.2. The largest absolute Gasteiger partial charge is 0.377 e. The van der Waals surface area contributed by atoms with E-state index in [-0.39, 0.29) is 11.9 Å². The van der Waals surface area contributed by atoms with Crippen LogP contribution in [0.4, 0.5) is 0 Å². The number of rotatable bonds is 3. The Kier molecular flexibility index (Phi) is 3.70. The molecule has 1 amide bonds. The van der Waals surface area contributed by atoms with Crippen molar-refractivity contribution in [3.8, 4) is 0 Å². The van der Waals surface area contributed by atoms with Crippen molar-refractivity contribution in [2.75, 3.05) is 6.61 Å². The molecule has 2 aliphatic carbocycles. The Hall–Kier alpha value is -2.01. The van der Waals surface area contributed by atoms with E-state index in [1.807, 2.05) is 18.2 Å². The minimum Gasteiger partial charge on any atom is -0.377 e. The molecule has 3 fully saturated rings. The maximum absolute atomic E-state index is 12.8. The number of ether oxygens (including phenoxy) is 1. The van der Waals surface area contributed by atoms with Crippen LogP contribution in [0.1, 0.15) is 42.5 Å². The summed E-state index contributed by atoms with van der Waals surface area (Å²) >= 11 is 0. The molecule has 130 valence electrons. The van der Waals surface area contributed by atoms with Gasteiger partial charge >= 0.3 is 0 Å². The lowest BCUT2D eigenvalue weighted by Gasteiger charge is -2.50. The van der Waals surface area contributed by atoms with Crippen molar-refractivity contribution in [2.24, 2.45) is 17.8 Å². The molecule has 1 N–H and O–H groups in total. The summed E-state index contributed by atoms with van der Waals surface area (Å²) in [5.74, 6) is 1.71. The topological polar surface area (TPSA) is 64.1 Å². The fourth-order valence-electron chi connectivity index (χ4n) is 5.20. The van der Waals surface area contributed by atoms with Crippen molar-refractivity contribution in [3.05, 3.63) is 36.2 Å². The maximum Gasteiger partial charge on any atom is 0.251 e. The predicted molar refractivity (Wildman–Crippen MR) is 94.1 cm³/mol. The number of aromatic nitrogens is 2. The van der Waals surface area contributed by atoms with Crippen molar-refractivity contribution < 1.29 is 9.53 Å². The second-order valence-electron chi connectivity index (χ2n) is 7.67. The highest BCUT2D eigenvalue weighted by molar-refractivity contribution is 5.97. The molecule has 1 aliphatic heterocycles. The molecule has 4 unspecified atom stereocenters. The lowest BCUT2D eigenvalue weighted by molar-refractivity contribution is -0.0784. The fraction of sp³-hybridized carbons (Fsp3) is 0.550. The SMILES string of the molecule is O=C(NC1C2CCOC2C1C1CCCC1)c1ccc2nccnc2c1. The molecule has 25 heavy (non-hydrogen) atoms. The third-order valence-electron chi connectivity index (χ3n) is 6.41. The summed E-state index contributed by atoms with van der Waals surface area (Å²) in [7, 11) is 0. The monoisotopic (exact) mass is 337 g/mol. The Morgan fingerprint density at radius 2 is 1.88 bits per heavy atom. The number of benzene rings is 1. The minimum atomic E-state index is 0.00546. The summed E-state index contributed by atoms with van der Waals surface area (Å²) in [5, 5.41) is 3.33. The van der Waals surface area contributed by atoms with E-state index >= 15 is 0 Å². The highest BCUT2D eigenvalue weighted by Gasteiger charge is 2.57. The smallest absolute Gasteiger partial charge is 0.251 e. The van der Waals surface area contributed by atoms with E-state index in [1.54, 1.807) is 12.4 Å². The molecule has 0 spiro atoms. The van der Waals surface area contributed by atoms with Crippen LogP contribution in [0.15, 0.2) is 30.6 Å². The second kappa shape index (κ2) is 6.06. The lowest BCUT2D eigenvalue weighted by atomic mass is 9.61. The molecule has 1 saturated heterocycles. The van der Waals surface area contributed by atoms with E-state index in [2.05, 4.69) is 15.3 Å². The van der Waals surface area contributed by atoms with Gasteiger partial charge in [-0.25, -0.2) is 0 Å². The number of carbonyl (C=O) groups excluding carboxylic acids is 1. The van der Waals surface area contributed by atoms with Gasteiger partial charge in [-0.2, -0.15) is 0 Å². The predicted octanol–water partition coefficient (Wildman–Crippen LogP) is 2.95. The molecule has 1 aromatic heterocycles. The van der Waals surface area contributed by atoms with Gasteiger partial charge in [-0.15, -0.1) is 0 Å². The van der Waals surface area contributed by atoms with Gasteiger partial charge in [0.15, 0.2) is 0 Å². The molecule has 0 bridgehead atoms. The molecule has 2 heterocycles. The van der Waals surface area contributed by atoms with Gasteiger partial charge in [-0.1, -0.05) is 25.7 Å². The fourth-order valence-corrected chi connectivity index (χ4v) is 5.20. The van der Waals surface area contributed by atoms with E-state index in [0.717, 1.165) is 24.1 Å². The molecule has 2 saturated carbocycles. The van der Waals surface area contributed by atoms with E-state index in [1.165, 1.54) is 25.7 Å². The van der Waals surface area contributed by atoms with Crippen LogP contribution in [-0.4, -0.2) is 34.6 Å². The zero-order chi connectivity index (χ0) is 16.8. The number of carbonyl (C=O) groups is 1. The molecule has 5 heteroatoms. The molecular formula is C20H23N3O2. The normalized spacial score (nSPS) is 31.7. The number of hydrogen-bond donors (Lipinski definition) is 1. The second-order valence-corrected chi connectivity index (χ2v) is 7.67. The van der Waals surface area contributed by atoms with Crippen molar-refractivity contribution in [3.63, 3.8) is 0 Å². The first-order valence-electron chi connectivity index (χ1n) is 9.44. The number of amides is 1. The third-order valence-corrected chi connectivity index (χ3v) is 6.41. The van der Waals surface area contributed by atoms with Gasteiger partial charge in [-0.3, -0.25) is 14.8 Å². The number of fused-ring (bicyclic) bond motifs is 2. The standard InChI is InChI=1S/C20H23N3O2/c24-20(13-5-6-15-16(11-13)22-9-8-21-15)23-18-14-7-10-25-19(14)17(18)12-3-1-2-4-12/h5-6,8-9,11-12,14,17-19H,1-4,7,10H2,(H,23,24). The van der Waals surface area contributed by atoms with Crippen molar-refractivity contribution in [1.29, 1.82) is 0 Å². The van der Waals surface area contributed by atoms with E-state index in [4.69, 9.17) is 4.74 Å². The van der Waals surface area contributed by atoms with Crippen LogP contribution in [0.3, 0.4) is 0 Å². The van der Waals surface area contributed by atoms with Crippen LogP contribution in [0, 0.1) is 17.8 Å². The van der Waals surface area contributed by atoms with Crippen LogP contribution in [0.25, 0.3) is 11.0 Å². The van der Waals surface area contributed by atoms with Gasteiger partial charge < -0.3 is 10.1 Å². The summed E-state index contributed by atoms with van der Waals surface area (Å²) in [6.07, 6.45) is 9.99. The molecule has 0 radical (unpaired) electrons. The van der Waals surface area contributed by atoms with E-state index in [0.29, 0.717) is 29.4 Å². The van der Waals surface area contributed by atoms with Gasteiger partial charge in [-0.05, 0) is 30.5 Å². The maximum atomic E-state index is 12.8. The van der Waals surface area contributed by atoms with Gasteiger partial charge in [0.05, 0.1) is 17.1 Å². The summed E-state index contributed by atoms with van der Waals surface area (Å²) in [4.78, 5) is 21.4. The highest BCUT2D eigenvalue weighted by Crippen LogP contribution is 2.51. The van der Waals surface area contributed by atoms with Crippen molar-refractivity contribution >= 4 is 16.9 Å². The van der Waals surface area contributed by atoms with Gasteiger partial charge in [0.1, 0.15) is 0 Å². The first-order valence-corrected chi connectivity index (χ1v) is 9.44. The Morgan fingerprint density at radius 1 is 1.08 bits per heavy atom. The number of nitrogens with one attached hydrogen (secondary N) is 1. The van der Waals surface area contributed by atoms with Crippen LogP contribution in [0.5, 0.6) is 0 Å². The van der Waals surface area contributed by atoms with Gasteiger partial charge in [0, 0.05) is 42.4 Å². The molecule has 5 nitrogen and oxygen atoms in total. The average Bonchev–Trinajstić information content (AvgIpc) is 3.30.